The average Bonchev–Trinajstić information content (AvgIpc) is 3.63. The Hall–Kier alpha value is -3.74. The van der Waals surface area contributed by atoms with Gasteiger partial charge in [-0.3, -0.25) is 4.98 Å². The van der Waals surface area contributed by atoms with Crippen molar-refractivity contribution in [1.29, 1.82) is 5.26 Å². The predicted molar refractivity (Wildman–Crippen MR) is 141 cm³/mol. The van der Waals surface area contributed by atoms with Gasteiger partial charge in [0.05, 0.1) is 41.4 Å². The van der Waals surface area contributed by atoms with Crippen molar-refractivity contribution in [3.63, 3.8) is 0 Å². The summed E-state index contributed by atoms with van der Waals surface area (Å²) in [5.41, 5.74) is 2.18. The number of hydrogen-bond acceptors (Lipinski definition) is 7. The minimum absolute atomic E-state index is 0.0426. The summed E-state index contributed by atoms with van der Waals surface area (Å²) in [7, 11) is 0. The van der Waals surface area contributed by atoms with Gasteiger partial charge in [0.15, 0.2) is 0 Å². The van der Waals surface area contributed by atoms with Crippen molar-refractivity contribution in [3.05, 3.63) is 76.5 Å². The second kappa shape index (κ2) is 9.96. The molecule has 3 N–H and O–H groups in total. The van der Waals surface area contributed by atoms with Crippen LogP contribution in [0, 0.1) is 22.6 Å². The average molecular weight is 521 g/mol. The monoisotopic (exact) mass is 520 g/mol. The SMILES string of the molecule is [2H]C(Nc1cc(Cl)c2ncc(C#N)c(NCC(C)(C)CO)c2c1)(c1ccc(F)cc1)c1cn(C2CC2)nn1. The molecule has 5 rings (SSSR count). The van der Waals surface area contributed by atoms with E-state index in [0.717, 1.165) is 12.8 Å². The van der Waals surface area contributed by atoms with Gasteiger partial charge >= 0.3 is 0 Å². The third-order valence-corrected chi connectivity index (χ3v) is 6.59. The van der Waals surface area contributed by atoms with E-state index in [1.807, 2.05) is 13.8 Å². The minimum atomic E-state index is -1.62. The van der Waals surface area contributed by atoms with Crippen LogP contribution in [0.2, 0.25) is 5.02 Å². The summed E-state index contributed by atoms with van der Waals surface area (Å²) in [4.78, 5) is 4.38. The van der Waals surface area contributed by atoms with E-state index in [0.29, 0.717) is 50.7 Å². The van der Waals surface area contributed by atoms with E-state index in [1.165, 1.54) is 30.5 Å². The summed E-state index contributed by atoms with van der Waals surface area (Å²) in [6.07, 6.45) is 5.21. The van der Waals surface area contributed by atoms with Crippen molar-refractivity contribution in [3.8, 4) is 6.07 Å². The van der Waals surface area contributed by atoms with Crippen LogP contribution in [0.1, 0.15) is 56.9 Å². The first-order valence-electron chi connectivity index (χ1n) is 12.5. The van der Waals surface area contributed by atoms with Crippen molar-refractivity contribution in [1.82, 2.24) is 20.0 Å². The van der Waals surface area contributed by atoms with Gasteiger partial charge in [0.25, 0.3) is 0 Å². The standard InChI is InChI=1S/C27H27ClFN7O/c1-27(2,15-37)14-32-24-17(11-30)12-31-26-21(24)9-19(10-22(26)28)33-25(16-3-5-18(29)6-4-16)23-13-36(35-34-23)20-7-8-20/h3-6,9-10,12-13,20,25,33,37H,7-8,14-15H2,1-2H3,(H,31,32)/i25D. The predicted octanol–water partition coefficient (Wildman–Crippen LogP) is 5.46. The number of anilines is 2. The number of hydrogen-bond donors (Lipinski definition) is 3. The Kier molecular flexibility index (Phi) is 6.37. The first-order chi connectivity index (χ1) is 18.1. The fourth-order valence-electron chi connectivity index (χ4n) is 3.94. The molecule has 10 heteroatoms. The molecule has 1 aliphatic carbocycles. The number of nitriles is 1. The van der Waals surface area contributed by atoms with E-state index in [-0.39, 0.29) is 12.6 Å². The van der Waals surface area contributed by atoms with E-state index in [1.54, 1.807) is 23.0 Å². The van der Waals surface area contributed by atoms with Crippen LogP contribution in [0.5, 0.6) is 0 Å². The number of nitrogens with zero attached hydrogens (tertiary/aromatic N) is 5. The molecule has 2 aromatic carbocycles. The van der Waals surface area contributed by atoms with Crippen LogP contribution in [0.25, 0.3) is 10.9 Å². The summed E-state index contributed by atoms with van der Waals surface area (Å²) in [5, 5.41) is 35.4. The number of halogens is 2. The normalized spacial score (nSPS) is 15.6. The van der Waals surface area contributed by atoms with Gasteiger partial charge in [-0.1, -0.05) is 42.8 Å². The van der Waals surface area contributed by atoms with Gasteiger partial charge in [-0.15, -0.1) is 5.10 Å². The maximum Gasteiger partial charge on any atom is 0.123 e. The van der Waals surface area contributed by atoms with Gasteiger partial charge < -0.3 is 15.7 Å². The number of benzene rings is 2. The highest BCUT2D eigenvalue weighted by Gasteiger charge is 2.27. The maximum absolute atomic E-state index is 13.8. The molecule has 1 fully saturated rings. The van der Waals surface area contributed by atoms with Gasteiger partial charge in [0.1, 0.15) is 17.6 Å². The summed E-state index contributed by atoms with van der Waals surface area (Å²) in [5.74, 6) is -0.414. The van der Waals surface area contributed by atoms with Crippen molar-refractivity contribution in [2.75, 3.05) is 23.8 Å². The van der Waals surface area contributed by atoms with Gasteiger partial charge in [0, 0.05) is 35.8 Å². The van der Waals surface area contributed by atoms with Crippen molar-refractivity contribution >= 4 is 33.9 Å². The Labute approximate surface area is 220 Å². The molecule has 1 atom stereocenters. The number of fused-ring (bicyclic) bond motifs is 1. The Morgan fingerprint density at radius 1 is 1.32 bits per heavy atom. The van der Waals surface area contributed by atoms with Gasteiger partial charge in [-0.2, -0.15) is 5.26 Å². The molecule has 1 saturated carbocycles. The largest absolute Gasteiger partial charge is 0.396 e. The molecule has 37 heavy (non-hydrogen) atoms. The van der Waals surface area contributed by atoms with Crippen LogP contribution >= 0.6 is 11.6 Å². The Morgan fingerprint density at radius 2 is 2.08 bits per heavy atom. The number of aliphatic hydroxyl groups is 1. The minimum Gasteiger partial charge on any atom is -0.396 e. The van der Waals surface area contributed by atoms with E-state index in [9.17, 15) is 16.1 Å². The molecule has 2 heterocycles. The molecule has 0 aliphatic heterocycles. The fraction of sp³-hybridized carbons (Fsp3) is 0.333. The van der Waals surface area contributed by atoms with E-state index >= 15 is 0 Å². The van der Waals surface area contributed by atoms with Crippen molar-refractivity contribution in [2.45, 2.75) is 38.7 Å². The van der Waals surface area contributed by atoms with Gasteiger partial charge in [0.2, 0.25) is 0 Å². The molecule has 0 radical (unpaired) electrons. The van der Waals surface area contributed by atoms with Crippen LogP contribution in [-0.4, -0.2) is 38.2 Å². The highest BCUT2D eigenvalue weighted by molar-refractivity contribution is 6.35. The summed E-state index contributed by atoms with van der Waals surface area (Å²) in [6, 6.07) is 9.90. The van der Waals surface area contributed by atoms with Crippen LogP contribution < -0.4 is 10.6 Å². The summed E-state index contributed by atoms with van der Waals surface area (Å²) in [6.45, 7) is 4.16. The van der Waals surface area contributed by atoms with Crippen LogP contribution in [0.3, 0.4) is 0 Å². The number of rotatable bonds is 9. The first kappa shape index (κ1) is 23.6. The van der Waals surface area contributed by atoms with Crippen molar-refractivity contribution in [2.24, 2.45) is 5.41 Å². The highest BCUT2D eigenvalue weighted by atomic mass is 35.5. The number of aromatic nitrogens is 4. The summed E-state index contributed by atoms with van der Waals surface area (Å²) < 4.78 is 25.0. The smallest absolute Gasteiger partial charge is 0.123 e. The van der Waals surface area contributed by atoms with Crippen molar-refractivity contribution < 1.29 is 10.9 Å². The summed E-state index contributed by atoms with van der Waals surface area (Å²) >= 11 is 6.65. The topological polar surface area (TPSA) is 112 Å². The zero-order valence-corrected chi connectivity index (χ0v) is 21.2. The quantitative estimate of drug-likeness (QED) is 0.269. The molecular weight excluding hydrogens is 493 g/mol. The van der Waals surface area contributed by atoms with Gasteiger partial charge in [-0.25, -0.2) is 9.07 Å². The zero-order valence-electron chi connectivity index (χ0n) is 21.5. The van der Waals surface area contributed by atoms with Crippen LogP contribution in [-0.2, 0) is 0 Å². The third kappa shape index (κ3) is 5.36. The lowest BCUT2D eigenvalue weighted by molar-refractivity contribution is 0.171. The molecule has 190 valence electrons. The molecule has 2 aromatic heterocycles. The number of aliphatic hydroxyl groups excluding tert-OH is 1. The second-order valence-electron chi connectivity index (χ2n) is 10.0. The Morgan fingerprint density at radius 3 is 2.76 bits per heavy atom. The highest BCUT2D eigenvalue weighted by Crippen LogP contribution is 2.37. The van der Waals surface area contributed by atoms with E-state index in [4.69, 9.17) is 11.6 Å². The molecule has 0 bridgehead atoms. The van der Waals surface area contributed by atoms with E-state index < -0.39 is 17.3 Å². The van der Waals surface area contributed by atoms with Crippen LogP contribution in [0.15, 0.2) is 48.8 Å². The molecule has 8 nitrogen and oxygen atoms in total. The van der Waals surface area contributed by atoms with Crippen LogP contribution in [0.4, 0.5) is 15.8 Å². The first-order valence-corrected chi connectivity index (χ1v) is 12.3. The molecule has 4 aromatic rings. The van der Waals surface area contributed by atoms with Gasteiger partial charge in [-0.05, 0) is 42.7 Å². The second-order valence-corrected chi connectivity index (χ2v) is 10.4. The lowest BCUT2D eigenvalue weighted by atomic mass is 9.94. The lowest BCUT2D eigenvalue weighted by Crippen LogP contribution is -2.27. The third-order valence-electron chi connectivity index (χ3n) is 6.31. The molecular formula is C27H27ClFN7O. The Bertz CT molecular complexity index is 1530. The molecule has 1 aliphatic rings. The molecule has 0 saturated heterocycles. The van der Waals surface area contributed by atoms with E-state index in [2.05, 4.69) is 32.0 Å². The number of nitrogens with one attached hydrogen (secondary N) is 2. The molecule has 0 spiro atoms. The zero-order chi connectivity index (χ0) is 27.1. The lowest BCUT2D eigenvalue weighted by Gasteiger charge is -2.24. The fourth-order valence-corrected chi connectivity index (χ4v) is 4.21. The molecule has 0 amide bonds. The number of pyridine rings is 1. The maximum atomic E-state index is 13.8. The Balaban J connectivity index is 1.61. The molecule has 1 unspecified atom stereocenters.